The van der Waals surface area contributed by atoms with Crippen LogP contribution < -0.4 is 5.73 Å². The summed E-state index contributed by atoms with van der Waals surface area (Å²) in [6, 6.07) is 16.6. The van der Waals surface area contributed by atoms with Gasteiger partial charge in [0.1, 0.15) is 5.82 Å². The summed E-state index contributed by atoms with van der Waals surface area (Å²) in [4.78, 5) is 12.3. The van der Waals surface area contributed by atoms with Gasteiger partial charge in [-0.3, -0.25) is 4.79 Å². The number of aromatic nitrogens is 1. The van der Waals surface area contributed by atoms with Crippen LogP contribution in [-0.2, 0) is 19.4 Å². The third kappa shape index (κ3) is 3.95. The quantitative estimate of drug-likeness (QED) is 0.637. The van der Waals surface area contributed by atoms with E-state index in [0.717, 1.165) is 42.8 Å². The second-order valence-corrected chi connectivity index (χ2v) is 6.79. The van der Waals surface area contributed by atoms with E-state index in [9.17, 15) is 9.18 Å². The molecule has 2 aromatic carbocycles. The molecule has 0 unspecified atom stereocenters. The molecule has 3 rings (SSSR count). The predicted molar refractivity (Wildman–Crippen MR) is 107 cm³/mol. The molecule has 140 valence electrons. The average molecular weight is 364 g/mol. The summed E-state index contributed by atoms with van der Waals surface area (Å²) in [5.41, 5.74) is 10.8. The van der Waals surface area contributed by atoms with Crippen molar-refractivity contribution >= 4 is 5.91 Å². The highest BCUT2D eigenvalue weighted by atomic mass is 19.1. The minimum Gasteiger partial charge on any atom is -0.366 e. The van der Waals surface area contributed by atoms with E-state index in [2.05, 4.69) is 23.6 Å². The van der Waals surface area contributed by atoms with Crippen molar-refractivity contribution in [3.63, 3.8) is 0 Å². The zero-order chi connectivity index (χ0) is 19.4. The van der Waals surface area contributed by atoms with Crippen molar-refractivity contribution in [1.82, 2.24) is 4.57 Å². The maximum Gasteiger partial charge on any atom is 0.251 e. The highest BCUT2D eigenvalue weighted by Gasteiger charge is 2.24. The molecule has 0 aliphatic rings. The normalized spacial score (nSPS) is 10.9. The molecule has 1 amide bonds. The van der Waals surface area contributed by atoms with Crippen LogP contribution in [0.2, 0.25) is 0 Å². The molecule has 0 bridgehead atoms. The summed E-state index contributed by atoms with van der Waals surface area (Å²) in [6.07, 6.45) is 2.58. The fraction of sp³-hybridized carbons (Fsp3) is 0.261. The van der Waals surface area contributed by atoms with Gasteiger partial charge in [-0.2, -0.15) is 0 Å². The van der Waals surface area contributed by atoms with Gasteiger partial charge in [0.2, 0.25) is 0 Å². The molecule has 27 heavy (non-hydrogen) atoms. The van der Waals surface area contributed by atoms with E-state index in [0.29, 0.717) is 11.1 Å². The van der Waals surface area contributed by atoms with Gasteiger partial charge in [-0.25, -0.2) is 4.39 Å². The number of carbonyl (C=O) groups excluding carboxylic acids is 1. The van der Waals surface area contributed by atoms with Gasteiger partial charge in [-0.1, -0.05) is 55.8 Å². The van der Waals surface area contributed by atoms with Crippen molar-refractivity contribution in [2.24, 2.45) is 5.73 Å². The number of carbonyl (C=O) groups is 1. The van der Waals surface area contributed by atoms with Gasteiger partial charge in [0.25, 0.3) is 5.91 Å². The lowest BCUT2D eigenvalue weighted by atomic mass is 9.98. The molecular weight excluding hydrogens is 339 g/mol. The van der Waals surface area contributed by atoms with Crippen molar-refractivity contribution in [3.05, 3.63) is 82.9 Å². The molecular formula is C23H25FN2O. The molecule has 0 atom stereocenters. The molecule has 0 radical (unpaired) electrons. The van der Waals surface area contributed by atoms with E-state index >= 15 is 0 Å². The van der Waals surface area contributed by atoms with Crippen LogP contribution in [0.25, 0.3) is 11.1 Å². The maximum atomic E-state index is 13.9. The summed E-state index contributed by atoms with van der Waals surface area (Å²) in [7, 11) is 0. The number of benzene rings is 2. The van der Waals surface area contributed by atoms with Crippen LogP contribution >= 0.6 is 0 Å². The van der Waals surface area contributed by atoms with Gasteiger partial charge in [0.05, 0.1) is 5.56 Å². The molecule has 1 aromatic heterocycles. The molecule has 0 aliphatic heterocycles. The molecule has 2 N–H and O–H groups in total. The van der Waals surface area contributed by atoms with Crippen molar-refractivity contribution < 1.29 is 9.18 Å². The zero-order valence-electron chi connectivity index (χ0n) is 15.8. The van der Waals surface area contributed by atoms with Crippen LogP contribution in [0.15, 0.2) is 54.6 Å². The Labute approximate surface area is 159 Å². The van der Waals surface area contributed by atoms with E-state index in [4.69, 9.17) is 5.73 Å². The molecule has 0 aliphatic carbocycles. The van der Waals surface area contributed by atoms with E-state index in [1.807, 2.05) is 31.2 Å². The third-order valence-electron chi connectivity index (χ3n) is 4.94. The van der Waals surface area contributed by atoms with Gasteiger partial charge < -0.3 is 10.3 Å². The molecule has 0 spiro atoms. The van der Waals surface area contributed by atoms with Crippen molar-refractivity contribution in [3.8, 4) is 11.1 Å². The van der Waals surface area contributed by atoms with E-state index < -0.39 is 5.91 Å². The lowest BCUT2D eigenvalue weighted by molar-refractivity contribution is 0.1000. The second-order valence-electron chi connectivity index (χ2n) is 6.79. The predicted octanol–water partition coefficient (Wildman–Crippen LogP) is 4.90. The van der Waals surface area contributed by atoms with Crippen LogP contribution in [0.5, 0.6) is 0 Å². The Morgan fingerprint density at radius 2 is 1.81 bits per heavy atom. The number of hydrogen-bond donors (Lipinski definition) is 1. The largest absolute Gasteiger partial charge is 0.366 e. The van der Waals surface area contributed by atoms with Gasteiger partial charge in [-0.05, 0) is 43.0 Å². The van der Waals surface area contributed by atoms with Crippen molar-refractivity contribution in [1.29, 1.82) is 0 Å². The van der Waals surface area contributed by atoms with Gasteiger partial charge >= 0.3 is 0 Å². The smallest absolute Gasteiger partial charge is 0.251 e. The summed E-state index contributed by atoms with van der Waals surface area (Å²) < 4.78 is 16.0. The number of aryl methyl sites for hydroxylation is 1. The Kier molecular flexibility index (Phi) is 5.75. The lowest BCUT2D eigenvalue weighted by Gasteiger charge is -2.13. The summed E-state index contributed by atoms with van der Waals surface area (Å²) in [5.74, 6) is -0.789. The molecule has 0 fully saturated rings. The number of hydrogen-bond acceptors (Lipinski definition) is 1. The number of amides is 1. The standard InChI is InChI=1S/C23H25FN2O/c1-3-8-20-22(18-11-7-12-19(24)15-18)21(23(25)27)16(2)26(20)14-13-17-9-5-4-6-10-17/h4-7,9-12,15H,3,8,13-14H2,1-2H3,(H2,25,27). The fourth-order valence-corrected chi connectivity index (χ4v) is 3.74. The van der Waals surface area contributed by atoms with E-state index in [1.54, 1.807) is 6.07 Å². The minimum atomic E-state index is -0.470. The monoisotopic (exact) mass is 364 g/mol. The Bertz CT molecular complexity index is 945. The Hall–Kier alpha value is -2.88. The zero-order valence-corrected chi connectivity index (χ0v) is 15.8. The Morgan fingerprint density at radius 1 is 1.07 bits per heavy atom. The SMILES string of the molecule is CCCc1c(-c2cccc(F)c2)c(C(N)=O)c(C)n1CCc1ccccc1. The summed E-state index contributed by atoms with van der Waals surface area (Å²) in [5, 5.41) is 0. The topological polar surface area (TPSA) is 48.0 Å². The summed E-state index contributed by atoms with van der Waals surface area (Å²) in [6.45, 7) is 4.77. The van der Waals surface area contributed by atoms with E-state index in [1.165, 1.54) is 17.7 Å². The number of nitrogens with zero attached hydrogens (tertiary/aromatic N) is 1. The number of primary amides is 1. The molecule has 1 heterocycles. The molecule has 0 saturated carbocycles. The second kappa shape index (κ2) is 8.21. The van der Waals surface area contributed by atoms with Crippen LogP contribution in [0.3, 0.4) is 0 Å². The fourth-order valence-electron chi connectivity index (χ4n) is 3.74. The first-order valence-electron chi connectivity index (χ1n) is 9.34. The minimum absolute atomic E-state index is 0.319. The van der Waals surface area contributed by atoms with Crippen LogP contribution in [0.4, 0.5) is 4.39 Å². The third-order valence-corrected chi connectivity index (χ3v) is 4.94. The molecule has 0 saturated heterocycles. The van der Waals surface area contributed by atoms with Gasteiger partial charge in [-0.15, -0.1) is 0 Å². The maximum absolute atomic E-state index is 13.9. The van der Waals surface area contributed by atoms with E-state index in [-0.39, 0.29) is 5.82 Å². The molecule has 4 heteroatoms. The first-order valence-corrected chi connectivity index (χ1v) is 9.34. The molecule has 3 nitrogen and oxygen atoms in total. The van der Waals surface area contributed by atoms with Crippen molar-refractivity contribution in [2.75, 3.05) is 0 Å². The first kappa shape index (κ1) is 18.9. The van der Waals surface area contributed by atoms with Crippen LogP contribution in [0.1, 0.15) is 40.7 Å². The lowest BCUT2D eigenvalue weighted by Crippen LogP contribution is -2.14. The average Bonchev–Trinajstić information content (AvgIpc) is 2.93. The number of halogens is 1. The number of rotatable bonds is 7. The molecule has 3 aromatic rings. The van der Waals surface area contributed by atoms with Gasteiger partial charge in [0.15, 0.2) is 0 Å². The number of nitrogens with two attached hydrogens (primary N) is 1. The summed E-state index contributed by atoms with van der Waals surface area (Å²) >= 11 is 0. The highest BCUT2D eigenvalue weighted by Crippen LogP contribution is 2.34. The Balaban J connectivity index is 2.12. The first-order chi connectivity index (χ1) is 13.0. The van der Waals surface area contributed by atoms with Crippen LogP contribution in [-0.4, -0.2) is 10.5 Å². The van der Waals surface area contributed by atoms with Gasteiger partial charge in [0, 0.05) is 23.5 Å². The van der Waals surface area contributed by atoms with Crippen molar-refractivity contribution in [2.45, 2.75) is 39.7 Å². The Morgan fingerprint density at radius 3 is 2.44 bits per heavy atom. The van der Waals surface area contributed by atoms with Crippen LogP contribution in [0, 0.1) is 12.7 Å². The highest BCUT2D eigenvalue weighted by molar-refractivity contribution is 6.02.